The molecule has 0 atom stereocenters. The summed E-state index contributed by atoms with van der Waals surface area (Å²) in [6, 6.07) is 12.8. The van der Waals surface area contributed by atoms with E-state index < -0.39 is 0 Å². The quantitative estimate of drug-likeness (QED) is 0.834. The zero-order valence-electron chi connectivity index (χ0n) is 15.9. The van der Waals surface area contributed by atoms with Crippen molar-refractivity contribution in [1.29, 1.82) is 0 Å². The fourth-order valence-electron chi connectivity index (χ4n) is 3.47. The molecule has 0 spiro atoms. The fourth-order valence-corrected chi connectivity index (χ4v) is 3.47. The highest BCUT2D eigenvalue weighted by Crippen LogP contribution is 2.36. The van der Waals surface area contributed by atoms with Crippen LogP contribution < -0.4 is 19.7 Å². The van der Waals surface area contributed by atoms with E-state index in [-0.39, 0.29) is 24.3 Å². The van der Waals surface area contributed by atoms with E-state index in [4.69, 9.17) is 9.47 Å². The van der Waals surface area contributed by atoms with Crippen LogP contribution in [0.2, 0.25) is 0 Å². The van der Waals surface area contributed by atoms with Gasteiger partial charge in [0.2, 0.25) is 5.91 Å². The standard InChI is InChI=1S/C22H24N2O4/c1-27-18-7-9-19(10-8-18)28-14-21(25)23-17-6-11-20-16(13-17)3-2-12-24(20)22(26)15-4-5-15/h6-11,13,15H,2-5,12,14H2,1H3,(H,23,25). The maximum atomic E-state index is 12.5. The molecular formula is C22H24N2O4. The van der Waals surface area contributed by atoms with Crippen molar-refractivity contribution >= 4 is 23.2 Å². The largest absolute Gasteiger partial charge is 0.497 e. The average molecular weight is 380 g/mol. The van der Waals surface area contributed by atoms with Gasteiger partial charge in [-0.25, -0.2) is 0 Å². The summed E-state index contributed by atoms with van der Waals surface area (Å²) in [6.07, 6.45) is 3.87. The lowest BCUT2D eigenvalue weighted by Crippen LogP contribution is -2.36. The monoisotopic (exact) mass is 380 g/mol. The third-order valence-electron chi connectivity index (χ3n) is 5.10. The molecule has 4 rings (SSSR count). The highest BCUT2D eigenvalue weighted by atomic mass is 16.5. The molecule has 0 aromatic heterocycles. The van der Waals surface area contributed by atoms with E-state index in [2.05, 4.69) is 5.32 Å². The lowest BCUT2D eigenvalue weighted by molar-refractivity contribution is -0.120. The number of hydrogen-bond donors (Lipinski definition) is 1. The number of nitrogens with zero attached hydrogens (tertiary/aromatic N) is 1. The second kappa shape index (κ2) is 7.92. The number of methoxy groups -OCH3 is 1. The van der Waals surface area contributed by atoms with Crippen molar-refractivity contribution in [2.45, 2.75) is 25.7 Å². The Bertz CT molecular complexity index is 875. The lowest BCUT2D eigenvalue weighted by atomic mass is 10.0. The van der Waals surface area contributed by atoms with Crippen LogP contribution in [-0.2, 0) is 16.0 Å². The zero-order valence-corrected chi connectivity index (χ0v) is 15.9. The van der Waals surface area contributed by atoms with Gasteiger partial charge >= 0.3 is 0 Å². The van der Waals surface area contributed by atoms with Gasteiger partial charge in [-0.15, -0.1) is 0 Å². The molecule has 1 aliphatic carbocycles. The number of rotatable bonds is 6. The molecule has 0 radical (unpaired) electrons. The number of ether oxygens (including phenoxy) is 2. The van der Waals surface area contributed by atoms with Gasteiger partial charge in [0, 0.05) is 23.8 Å². The summed E-state index contributed by atoms with van der Waals surface area (Å²) in [4.78, 5) is 26.6. The number of carbonyl (C=O) groups is 2. The van der Waals surface area contributed by atoms with Crippen molar-refractivity contribution in [2.75, 3.05) is 30.5 Å². The first-order chi connectivity index (χ1) is 13.6. The Morgan fingerprint density at radius 3 is 2.57 bits per heavy atom. The molecule has 0 unspecified atom stereocenters. The predicted molar refractivity (Wildman–Crippen MR) is 107 cm³/mol. The minimum Gasteiger partial charge on any atom is -0.497 e. The topological polar surface area (TPSA) is 67.9 Å². The van der Waals surface area contributed by atoms with Gasteiger partial charge in [0.25, 0.3) is 5.91 Å². The third-order valence-corrected chi connectivity index (χ3v) is 5.10. The summed E-state index contributed by atoms with van der Waals surface area (Å²) < 4.78 is 10.6. The van der Waals surface area contributed by atoms with Crippen molar-refractivity contribution in [3.63, 3.8) is 0 Å². The molecule has 6 nitrogen and oxygen atoms in total. The molecule has 1 saturated carbocycles. The van der Waals surface area contributed by atoms with E-state index in [9.17, 15) is 9.59 Å². The summed E-state index contributed by atoms with van der Waals surface area (Å²) >= 11 is 0. The van der Waals surface area contributed by atoms with E-state index in [1.807, 2.05) is 23.1 Å². The van der Waals surface area contributed by atoms with Crippen LogP contribution in [0.4, 0.5) is 11.4 Å². The number of carbonyl (C=O) groups excluding carboxylic acids is 2. The van der Waals surface area contributed by atoms with Gasteiger partial charge in [0.15, 0.2) is 6.61 Å². The summed E-state index contributed by atoms with van der Waals surface area (Å²) in [5.41, 5.74) is 2.81. The average Bonchev–Trinajstić information content (AvgIpc) is 3.57. The Labute approximate surface area is 164 Å². The van der Waals surface area contributed by atoms with E-state index in [0.29, 0.717) is 5.75 Å². The predicted octanol–water partition coefficient (Wildman–Crippen LogP) is 3.40. The first kappa shape index (κ1) is 18.3. The van der Waals surface area contributed by atoms with E-state index in [0.717, 1.165) is 54.9 Å². The van der Waals surface area contributed by atoms with Crippen LogP contribution in [0.3, 0.4) is 0 Å². The van der Waals surface area contributed by atoms with Gasteiger partial charge in [-0.2, -0.15) is 0 Å². The summed E-state index contributed by atoms with van der Waals surface area (Å²) in [5.74, 6) is 1.57. The van der Waals surface area contributed by atoms with Gasteiger partial charge < -0.3 is 19.7 Å². The lowest BCUT2D eigenvalue weighted by Gasteiger charge is -2.30. The highest BCUT2D eigenvalue weighted by molar-refractivity contribution is 5.98. The number of hydrogen-bond acceptors (Lipinski definition) is 4. The van der Waals surface area contributed by atoms with E-state index in [1.165, 1.54) is 0 Å². The van der Waals surface area contributed by atoms with Crippen LogP contribution in [0, 0.1) is 5.92 Å². The smallest absolute Gasteiger partial charge is 0.262 e. The van der Waals surface area contributed by atoms with Gasteiger partial charge in [-0.05, 0) is 73.7 Å². The second-order valence-electron chi connectivity index (χ2n) is 7.22. The number of fused-ring (bicyclic) bond motifs is 1. The fraction of sp³-hybridized carbons (Fsp3) is 0.364. The molecule has 2 amide bonds. The molecule has 28 heavy (non-hydrogen) atoms. The maximum absolute atomic E-state index is 12.5. The zero-order chi connectivity index (χ0) is 19.5. The van der Waals surface area contributed by atoms with Crippen LogP contribution in [0.15, 0.2) is 42.5 Å². The molecule has 6 heteroatoms. The second-order valence-corrected chi connectivity index (χ2v) is 7.22. The van der Waals surface area contributed by atoms with E-state index >= 15 is 0 Å². The molecule has 1 heterocycles. The molecule has 146 valence electrons. The van der Waals surface area contributed by atoms with Gasteiger partial charge in [0.1, 0.15) is 11.5 Å². The highest BCUT2D eigenvalue weighted by Gasteiger charge is 2.35. The number of nitrogens with one attached hydrogen (secondary N) is 1. The molecule has 1 fully saturated rings. The van der Waals surface area contributed by atoms with Gasteiger partial charge in [-0.1, -0.05) is 0 Å². The molecule has 2 aromatic rings. The molecular weight excluding hydrogens is 356 g/mol. The normalized spacial score (nSPS) is 15.5. The molecule has 0 bridgehead atoms. The van der Waals surface area contributed by atoms with Crippen LogP contribution in [-0.4, -0.2) is 32.1 Å². The molecule has 1 aliphatic heterocycles. The molecule has 2 aliphatic rings. The van der Waals surface area contributed by atoms with Crippen molar-refractivity contribution in [2.24, 2.45) is 5.92 Å². The number of benzene rings is 2. The minimum absolute atomic E-state index is 0.0737. The minimum atomic E-state index is -0.225. The van der Waals surface area contributed by atoms with E-state index in [1.54, 1.807) is 31.4 Å². The SMILES string of the molecule is COc1ccc(OCC(=O)Nc2ccc3c(c2)CCCN3C(=O)C2CC2)cc1. The summed E-state index contributed by atoms with van der Waals surface area (Å²) in [6.45, 7) is 0.708. The summed E-state index contributed by atoms with van der Waals surface area (Å²) in [7, 11) is 1.60. The Kier molecular flexibility index (Phi) is 5.19. The number of amides is 2. The van der Waals surface area contributed by atoms with Crippen molar-refractivity contribution in [1.82, 2.24) is 0 Å². The Morgan fingerprint density at radius 1 is 1.11 bits per heavy atom. The van der Waals surface area contributed by atoms with Crippen LogP contribution in [0.25, 0.3) is 0 Å². The number of anilines is 2. The van der Waals surface area contributed by atoms with Crippen LogP contribution in [0.5, 0.6) is 11.5 Å². The first-order valence-corrected chi connectivity index (χ1v) is 9.65. The van der Waals surface area contributed by atoms with Gasteiger partial charge in [0.05, 0.1) is 7.11 Å². The molecule has 0 saturated heterocycles. The van der Waals surface area contributed by atoms with Crippen molar-refractivity contribution in [3.05, 3.63) is 48.0 Å². The Balaban J connectivity index is 1.36. The van der Waals surface area contributed by atoms with Gasteiger partial charge in [-0.3, -0.25) is 9.59 Å². The summed E-state index contributed by atoms with van der Waals surface area (Å²) in [5, 5.41) is 2.87. The van der Waals surface area contributed by atoms with Crippen molar-refractivity contribution in [3.8, 4) is 11.5 Å². The Hall–Kier alpha value is -3.02. The third kappa shape index (κ3) is 4.11. The number of aryl methyl sites for hydroxylation is 1. The maximum Gasteiger partial charge on any atom is 0.262 e. The molecule has 2 aromatic carbocycles. The Morgan fingerprint density at radius 2 is 1.86 bits per heavy atom. The van der Waals surface area contributed by atoms with Crippen LogP contribution >= 0.6 is 0 Å². The van der Waals surface area contributed by atoms with Crippen LogP contribution in [0.1, 0.15) is 24.8 Å². The first-order valence-electron chi connectivity index (χ1n) is 9.65. The molecule has 1 N–H and O–H groups in total. The van der Waals surface area contributed by atoms with Crippen molar-refractivity contribution < 1.29 is 19.1 Å².